The van der Waals surface area contributed by atoms with Gasteiger partial charge in [-0.05, 0) is 89.2 Å². The van der Waals surface area contributed by atoms with E-state index < -0.39 is 93.7 Å². The van der Waals surface area contributed by atoms with Crippen LogP contribution in [0, 0.1) is 28.6 Å². The van der Waals surface area contributed by atoms with Gasteiger partial charge in [-0.15, -0.1) is 0 Å². The van der Waals surface area contributed by atoms with Crippen molar-refractivity contribution < 1.29 is 58.2 Å². The van der Waals surface area contributed by atoms with Gasteiger partial charge in [-0.25, -0.2) is 0 Å². The van der Waals surface area contributed by atoms with E-state index in [4.69, 9.17) is 18.9 Å². The van der Waals surface area contributed by atoms with Crippen LogP contribution in [-0.4, -0.2) is 86.2 Å². The fraction of sp³-hybridized carbons (Fsp3) is 0.800. The van der Waals surface area contributed by atoms with Crippen LogP contribution in [0.5, 0.6) is 0 Å². The molecular formula is C35H52O12. The summed E-state index contributed by atoms with van der Waals surface area (Å²) in [7, 11) is 0. The molecule has 11 atom stereocenters. The largest absolute Gasteiger partial charge is 0.459 e. The second-order valence-electron chi connectivity index (χ2n) is 15.5. The summed E-state index contributed by atoms with van der Waals surface area (Å²) in [6.07, 6.45) is -1.01. The molecule has 3 N–H and O–H groups in total. The lowest BCUT2D eigenvalue weighted by Crippen LogP contribution is -2.68. The maximum atomic E-state index is 14.1. The quantitative estimate of drug-likeness (QED) is 0.242. The van der Waals surface area contributed by atoms with E-state index in [1.54, 1.807) is 20.8 Å². The number of ether oxygens (including phenoxy) is 4. The van der Waals surface area contributed by atoms with Crippen LogP contribution in [-0.2, 0) is 42.9 Å². The fourth-order valence-electron chi connectivity index (χ4n) is 9.69. The minimum atomic E-state index is -1.60. The molecule has 12 heteroatoms. The van der Waals surface area contributed by atoms with Crippen molar-refractivity contribution in [1.29, 1.82) is 0 Å². The third kappa shape index (κ3) is 6.49. The van der Waals surface area contributed by atoms with Gasteiger partial charge in [0.15, 0.2) is 11.9 Å². The summed E-state index contributed by atoms with van der Waals surface area (Å²) >= 11 is 0. The number of hydrogen-bond donors (Lipinski definition) is 3. The van der Waals surface area contributed by atoms with Crippen LogP contribution in [0.4, 0.5) is 0 Å². The lowest BCUT2D eigenvalue weighted by molar-refractivity contribution is -0.231. The normalized spacial score (nSPS) is 38.4. The van der Waals surface area contributed by atoms with Crippen LogP contribution in [0.3, 0.4) is 0 Å². The molecule has 0 aromatic carbocycles. The number of allylic oxidation sites excluding steroid dienone is 1. The number of esters is 4. The van der Waals surface area contributed by atoms with Gasteiger partial charge >= 0.3 is 23.9 Å². The number of fused-ring (bicyclic) bond motifs is 5. The molecular weight excluding hydrogens is 612 g/mol. The first-order valence-corrected chi connectivity index (χ1v) is 16.6. The maximum absolute atomic E-state index is 14.1. The van der Waals surface area contributed by atoms with Gasteiger partial charge in [-0.3, -0.25) is 24.0 Å². The van der Waals surface area contributed by atoms with Gasteiger partial charge in [0, 0.05) is 44.4 Å². The summed E-state index contributed by atoms with van der Waals surface area (Å²) in [5.74, 6) is -4.72. The van der Waals surface area contributed by atoms with E-state index >= 15 is 0 Å². The first kappa shape index (κ1) is 37.0. The Bertz CT molecular complexity index is 1330. The van der Waals surface area contributed by atoms with Crippen molar-refractivity contribution >= 4 is 29.7 Å². The number of hydrogen-bond acceptors (Lipinski definition) is 12. The third-order valence-corrected chi connectivity index (χ3v) is 11.8. The summed E-state index contributed by atoms with van der Waals surface area (Å²) in [5, 5.41) is 35.3. The highest BCUT2D eigenvalue weighted by Crippen LogP contribution is 2.69. The molecule has 3 fully saturated rings. The lowest BCUT2D eigenvalue weighted by atomic mass is 9.45. The Hall–Kier alpha value is -2.83. The Morgan fingerprint density at radius 3 is 2.02 bits per heavy atom. The first-order chi connectivity index (χ1) is 21.5. The summed E-state index contributed by atoms with van der Waals surface area (Å²) < 4.78 is 22.7. The van der Waals surface area contributed by atoms with Gasteiger partial charge in [0.05, 0.1) is 11.2 Å². The summed E-state index contributed by atoms with van der Waals surface area (Å²) in [4.78, 5) is 63.2. The third-order valence-electron chi connectivity index (χ3n) is 11.8. The maximum Gasteiger partial charge on any atom is 0.303 e. The van der Waals surface area contributed by atoms with Crippen molar-refractivity contribution in [3.8, 4) is 0 Å². The molecule has 0 spiro atoms. The molecule has 0 bridgehead atoms. The van der Waals surface area contributed by atoms with E-state index in [1.807, 2.05) is 13.8 Å². The van der Waals surface area contributed by atoms with Gasteiger partial charge in [0.1, 0.15) is 23.9 Å². The molecule has 47 heavy (non-hydrogen) atoms. The van der Waals surface area contributed by atoms with Crippen molar-refractivity contribution in [2.24, 2.45) is 28.6 Å². The van der Waals surface area contributed by atoms with E-state index in [2.05, 4.69) is 0 Å². The molecule has 0 radical (unpaired) electrons. The number of carbonyl (C=O) groups is 5. The van der Waals surface area contributed by atoms with Gasteiger partial charge in [0.2, 0.25) is 0 Å². The van der Waals surface area contributed by atoms with E-state index in [0.29, 0.717) is 24.8 Å². The molecule has 264 valence electrons. The van der Waals surface area contributed by atoms with E-state index in [9.17, 15) is 39.3 Å². The Labute approximate surface area is 276 Å². The zero-order chi connectivity index (χ0) is 35.5. The molecule has 0 heterocycles. The molecule has 12 nitrogen and oxygen atoms in total. The number of carbonyl (C=O) groups excluding carboxylic acids is 5. The number of aliphatic hydroxyl groups is 3. The molecule has 3 saturated carbocycles. The average molecular weight is 665 g/mol. The zero-order valence-corrected chi connectivity index (χ0v) is 29.1. The topological polar surface area (TPSA) is 183 Å². The molecule has 0 aliphatic heterocycles. The number of ketones is 1. The van der Waals surface area contributed by atoms with E-state index in [0.717, 1.165) is 0 Å². The van der Waals surface area contributed by atoms with Crippen LogP contribution in [0.1, 0.15) is 107 Å². The van der Waals surface area contributed by atoms with Crippen LogP contribution in [0.25, 0.3) is 0 Å². The second kappa shape index (κ2) is 12.6. The lowest BCUT2D eigenvalue weighted by Gasteiger charge is -2.62. The summed E-state index contributed by atoms with van der Waals surface area (Å²) in [5.41, 5.74) is -5.86. The monoisotopic (exact) mass is 664 g/mol. The second-order valence-corrected chi connectivity index (χ2v) is 15.5. The van der Waals surface area contributed by atoms with Crippen molar-refractivity contribution in [3.05, 3.63) is 11.6 Å². The average Bonchev–Trinajstić information content (AvgIpc) is 3.20. The van der Waals surface area contributed by atoms with Crippen LogP contribution in [0.15, 0.2) is 11.6 Å². The highest BCUT2D eigenvalue weighted by atomic mass is 16.6. The summed E-state index contributed by atoms with van der Waals surface area (Å²) in [6.45, 7) is 13.5. The van der Waals surface area contributed by atoms with Crippen molar-refractivity contribution in [3.63, 3.8) is 0 Å². The molecule has 4 aliphatic carbocycles. The molecule has 0 saturated heterocycles. The Morgan fingerprint density at radius 2 is 1.49 bits per heavy atom. The van der Waals surface area contributed by atoms with Crippen molar-refractivity contribution in [2.45, 2.75) is 148 Å². The van der Waals surface area contributed by atoms with Crippen molar-refractivity contribution in [1.82, 2.24) is 0 Å². The minimum Gasteiger partial charge on any atom is -0.459 e. The fourth-order valence-corrected chi connectivity index (χ4v) is 9.69. The van der Waals surface area contributed by atoms with E-state index in [1.165, 1.54) is 33.8 Å². The molecule has 4 unspecified atom stereocenters. The van der Waals surface area contributed by atoms with Gasteiger partial charge in [-0.2, -0.15) is 0 Å². The smallest absolute Gasteiger partial charge is 0.303 e. The van der Waals surface area contributed by atoms with Crippen LogP contribution in [0.2, 0.25) is 0 Å². The highest BCUT2D eigenvalue weighted by molar-refractivity contribution is 5.95. The first-order valence-electron chi connectivity index (χ1n) is 16.6. The number of rotatable bonds is 9. The molecule has 4 rings (SSSR count). The van der Waals surface area contributed by atoms with Gasteiger partial charge in [-0.1, -0.05) is 13.8 Å². The highest BCUT2D eigenvalue weighted by Gasteiger charge is 2.72. The predicted octanol–water partition coefficient (Wildman–Crippen LogP) is 3.11. The molecule has 0 aromatic rings. The Balaban J connectivity index is 1.79. The SMILES string of the molecule is CC(=O)OC(CCC(C)(C)O)[C@](C)(O)C1CC[C@@]2(O)C3=CC(=O)C4C[C@@H](OC(C)=O)[C@@H](OC(C)=O)[C@@H](OC(C)=O)[C@]4(C)C3CC[C@]12C. The van der Waals surface area contributed by atoms with Crippen LogP contribution >= 0.6 is 0 Å². The Morgan fingerprint density at radius 1 is 0.894 bits per heavy atom. The van der Waals surface area contributed by atoms with Gasteiger partial charge in [0.25, 0.3) is 0 Å². The minimum absolute atomic E-state index is 0.0310. The molecule has 0 amide bonds. The van der Waals surface area contributed by atoms with Gasteiger partial charge < -0.3 is 34.3 Å². The molecule has 0 aromatic heterocycles. The molecule has 4 aliphatic rings. The van der Waals surface area contributed by atoms with E-state index in [-0.39, 0.29) is 31.5 Å². The predicted molar refractivity (Wildman–Crippen MR) is 166 cm³/mol. The van der Waals surface area contributed by atoms with Crippen molar-refractivity contribution in [2.75, 3.05) is 0 Å². The summed E-state index contributed by atoms with van der Waals surface area (Å²) in [6, 6.07) is 0. The standard InChI is InChI=1S/C35H52O12/c1-18(36)44-26-17-24-25(40)16-23-22(33(24,8)30(47-21(4)39)29(26)46-20(3)38)10-14-32(7)27(11-15-35(23,32)43)34(9,42)28(45-19(2)37)12-13-31(5,6)41/h16,22,24,26-30,41-43H,10-15,17H2,1-9H3/t22?,24?,26-,27?,28?,29-,30-,32-,33-,34-,35-/m1/s1. The Kier molecular flexibility index (Phi) is 9.89. The van der Waals surface area contributed by atoms with Crippen LogP contribution < -0.4 is 0 Å². The zero-order valence-electron chi connectivity index (χ0n) is 29.1.